The molecule has 1 aromatic heterocycles. The van der Waals surface area contributed by atoms with E-state index >= 15 is 0 Å². The first-order valence-electron chi connectivity index (χ1n) is 4.99. The zero-order valence-corrected chi connectivity index (χ0v) is 12.8. The first-order valence-corrected chi connectivity index (χ1v) is 7.46. The highest BCUT2D eigenvalue weighted by Gasteiger charge is 2.11. The SMILES string of the molecule is NC(Cc1ccc(F)cc1Br)c1csc(Br)c1. The molecule has 0 fully saturated rings. The van der Waals surface area contributed by atoms with Gasteiger partial charge in [0, 0.05) is 10.5 Å². The zero-order valence-electron chi connectivity index (χ0n) is 8.79. The van der Waals surface area contributed by atoms with Crippen LogP contribution in [-0.2, 0) is 6.42 Å². The molecule has 0 aliphatic carbocycles. The van der Waals surface area contributed by atoms with Gasteiger partial charge in [0.1, 0.15) is 5.82 Å². The van der Waals surface area contributed by atoms with Crippen molar-refractivity contribution >= 4 is 43.2 Å². The van der Waals surface area contributed by atoms with Crippen molar-refractivity contribution in [3.05, 3.63) is 54.8 Å². The highest BCUT2D eigenvalue weighted by Crippen LogP contribution is 2.28. The van der Waals surface area contributed by atoms with E-state index in [1.54, 1.807) is 17.4 Å². The van der Waals surface area contributed by atoms with Gasteiger partial charge in [0.2, 0.25) is 0 Å². The van der Waals surface area contributed by atoms with Gasteiger partial charge in [-0.05, 0) is 57.1 Å². The highest BCUT2D eigenvalue weighted by atomic mass is 79.9. The van der Waals surface area contributed by atoms with E-state index in [1.165, 1.54) is 12.1 Å². The summed E-state index contributed by atoms with van der Waals surface area (Å²) >= 11 is 8.38. The number of halogens is 3. The highest BCUT2D eigenvalue weighted by molar-refractivity contribution is 9.11. The summed E-state index contributed by atoms with van der Waals surface area (Å²) in [5, 5.41) is 2.03. The van der Waals surface area contributed by atoms with Crippen molar-refractivity contribution in [1.82, 2.24) is 0 Å². The molecule has 1 unspecified atom stereocenters. The Kier molecular flexibility index (Phi) is 4.36. The van der Waals surface area contributed by atoms with Crippen LogP contribution >= 0.6 is 43.2 Å². The summed E-state index contributed by atoms with van der Waals surface area (Å²) in [6.07, 6.45) is 0.685. The summed E-state index contributed by atoms with van der Waals surface area (Å²) in [6, 6.07) is 6.63. The quantitative estimate of drug-likeness (QED) is 0.826. The lowest BCUT2D eigenvalue weighted by Gasteiger charge is -2.11. The number of nitrogens with two attached hydrogens (primary N) is 1. The van der Waals surface area contributed by atoms with Gasteiger partial charge >= 0.3 is 0 Å². The normalized spacial score (nSPS) is 12.7. The maximum Gasteiger partial charge on any atom is 0.124 e. The minimum atomic E-state index is -0.243. The van der Waals surface area contributed by atoms with Crippen molar-refractivity contribution in [2.45, 2.75) is 12.5 Å². The number of benzene rings is 1. The third-order valence-electron chi connectivity index (χ3n) is 2.47. The first-order chi connectivity index (χ1) is 8.06. The molecule has 0 radical (unpaired) electrons. The van der Waals surface area contributed by atoms with Crippen LogP contribution in [0.2, 0.25) is 0 Å². The molecule has 1 nitrogen and oxygen atoms in total. The van der Waals surface area contributed by atoms with Crippen LogP contribution in [0, 0.1) is 5.82 Å². The van der Waals surface area contributed by atoms with Gasteiger partial charge in [-0.3, -0.25) is 0 Å². The van der Waals surface area contributed by atoms with Gasteiger partial charge in [0.15, 0.2) is 0 Å². The van der Waals surface area contributed by atoms with Gasteiger partial charge in [-0.25, -0.2) is 4.39 Å². The van der Waals surface area contributed by atoms with E-state index in [2.05, 4.69) is 31.9 Å². The van der Waals surface area contributed by atoms with Crippen molar-refractivity contribution in [2.24, 2.45) is 5.73 Å². The molecule has 0 bridgehead atoms. The molecule has 2 N–H and O–H groups in total. The molecule has 5 heteroatoms. The Morgan fingerprint density at radius 3 is 2.65 bits per heavy atom. The minimum Gasteiger partial charge on any atom is -0.324 e. The van der Waals surface area contributed by atoms with E-state index in [0.717, 1.165) is 19.4 Å². The lowest BCUT2D eigenvalue weighted by atomic mass is 10.0. The average molecular weight is 379 g/mol. The van der Waals surface area contributed by atoms with Crippen LogP contribution in [-0.4, -0.2) is 0 Å². The molecule has 2 rings (SSSR count). The summed E-state index contributed by atoms with van der Waals surface area (Å²) < 4.78 is 14.8. The van der Waals surface area contributed by atoms with E-state index < -0.39 is 0 Å². The number of thiophene rings is 1. The molecule has 0 saturated carbocycles. The lowest BCUT2D eigenvalue weighted by Crippen LogP contribution is -2.12. The smallest absolute Gasteiger partial charge is 0.124 e. The second kappa shape index (κ2) is 5.61. The fraction of sp³-hybridized carbons (Fsp3) is 0.167. The molecule has 0 amide bonds. The van der Waals surface area contributed by atoms with E-state index in [4.69, 9.17) is 5.73 Å². The van der Waals surface area contributed by atoms with Crippen molar-refractivity contribution in [2.75, 3.05) is 0 Å². The third kappa shape index (κ3) is 3.37. The Hall–Kier alpha value is -0.230. The monoisotopic (exact) mass is 377 g/mol. The molecule has 0 aliphatic rings. The van der Waals surface area contributed by atoms with Gasteiger partial charge in [-0.2, -0.15) is 0 Å². The Bertz CT molecular complexity index is 527. The van der Waals surface area contributed by atoms with Crippen LogP contribution in [0.5, 0.6) is 0 Å². The molecular formula is C12H10Br2FNS. The summed E-state index contributed by atoms with van der Waals surface area (Å²) in [4.78, 5) is 0. The molecule has 17 heavy (non-hydrogen) atoms. The van der Waals surface area contributed by atoms with Crippen LogP contribution < -0.4 is 5.73 Å². The van der Waals surface area contributed by atoms with Crippen LogP contribution in [0.25, 0.3) is 0 Å². The molecule has 1 aromatic carbocycles. The lowest BCUT2D eigenvalue weighted by molar-refractivity contribution is 0.624. The molecule has 0 spiro atoms. The predicted molar refractivity (Wildman–Crippen MR) is 76.8 cm³/mol. The van der Waals surface area contributed by atoms with Crippen LogP contribution in [0.15, 0.2) is 37.9 Å². The number of hydrogen-bond donors (Lipinski definition) is 1. The van der Waals surface area contributed by atoms with Gasteiger partial charge in [0.05, 0.1) is 3.79 Å². The van der Waals surface area contributed by atoms with Gasteiger partial charge in [0.25, 0.3) is 0 Å². The van der Waals surface area contributed by atoms with Crippen LogP contribution in [0.3, 0.4) is 0 Å². The van der Waals surface area contributed by atoms with Crippen molar-refractivity contribution in [3.63, 3.8) is 0 Å². The molecule has 1 atom stereocenters. The first kappa shape index (κ1) is 13.2. The Morgan fingerprint density at radius 2 is 2.06 bits per heavy atom. The van der Waals surface area contributed by atoms with Crippen molar-refractivity contribution in [3.8, 4) is 0 Å². The molecule has 0 saturated heterocycles. The van der Waals surface area contributed by atoms with E-state index in [1.807, 2.05) is 11.4 Å². The summed E-state index contributed by atoms with van der Waals surface area (Å²) in [7, 11) is 0. The summed E-state index contributed by atoms with van der Waals surface area (Å²) in [6.45, 7) is 0. The topological polar surface area (TPSA) is 26.0 Å². The second-order valence-electron chi connectivity index (χ2n) is 3.73. The molecular weight excluding hydrogens is 369 g/mol. The maximum atomic E-state index is 12.9. The average Bonchev–Trinajstić information content (AvgIpc) is 2.69. The summed E-state index contributed by atoms with van der Waals surface area (Å²) in [5.74, 6) is -0.243. The van der Waals surface area contributed by atoms with E-state index in [9.17, 15) is 4.39 Å². The molecule has 0 aliphatic heterocycles. The Balaban J connectivity index is 2.15. The van der Waals surface area contributed by atoms with Crippen LogP contribution in [0.1, 0.15) is 17.2 Å². The summed E-state index contributed by atoms with van der Waals surface area (Å²) in [5.41, 5.74) is 8.23. The molecule has 90 valence electrons. The van der Waals surface area contributed by atoms with E-state index in [-0.39, 0.29) is 11.9 Å². The number of rotatable bonds is 3. The fourth-order valence-electron chi connectivity index (χ4n) is 1.56. The third-order valence-corrected chi connectivity index (χ3v) is 4.73. The Morgan fingerprint density at radius 1 is 1.29 bits per heavy atom. The second-order valence-corrected chi connectivity index (χ2v) is 6.88. The van der Waals surface area contributed by atoms with Crippen molar-refractivity contribution in [1.29, 1.82) is 0 Å². The van der Waals surface area contributed by atoms with Gasteiger partial charge in [-0.15, -0.1) is 11.3 Å². The van der Waals surface area contributed by atoms with Crippen LogP contribution in [0.4, 0.5) is 4.39 Å². The largest absolute Gasteiger partial charge is 0.324 e. The molecule has 2 aromatic rings. The number of hydrogen-bond acceptors (Lipinski definition) is 2. The minimum absolute atomic E-state index is 0.0701. The fourth-order valence-corrected chi connectivity index (χ4v) is 3.31. The standard InChI is InChI=1S/C12H10Br2FNS/c13-10-5-9(15)2-1-7(10)3-11(16)8-4-12(14)17-6-8/h1-2,4-6,11H,3,16H2. The van der Waals surface area contributed by atoms with Gasteiger partial charge < -0.3 is 5.73 Å². The maximum absolute atomic E-state index is 12.9. The Labute approximate surface area is 120 Å². The van der Waals surface area contributed by atoms with Crippen molar-refractivity contribution < 1.29 is 4.39 Å². The zero-order chi connectivity index (χ0) is 12.4. The van der Waals surface area contributed by atoms with E-state index in [0.29, 0.717) is 6.42 Å². The predicted octanol–water partition coefficient (Wildman–Crippen LogP) is 4.65. The van der Waals surface area contributed by atoms with Gasteiger partial charge in [-0.1, -0.05) is 22.0 Å². The molecule has 1 heterocycles.